The Hall–Kier alpha value is -3.02. The van der Waals surface area contributed by atoms with E-state index in [0.717, 1.165) is 0 Å². The molecule has 0 heterocycles. The van der Waals surface area contributed by atoms with Crippen LogP contribution >= 0.6 is 0 Å². The maximum atomic E-state index is 12.0. The molecule has 0 aliphatic rings. The number of ether oxygens (including phenoxy) is 1. The van der Waals surface area contributed by atoms with Gasteiger partial charge in [-0.1, -0.05) is 18.2 Å². The van der Waals surface area contributed by atoms with E-state index in [2.05, 4.69) is 5.32 Å². The predicted molar refractivity (Wildman–Crippen MR) is 80.2 cm³/mol. The number of carbonyl (C=O) groups is 2. The number of phenols is 1. The summed E-state index contributed by atoms with van der Waals surface area (Å²) in [5.41, 5.74) is -0.0156. The summed E-state index contributed by atoms with van der Waals surface area (Å²) in [4.78, 5) is 23.0. The first-order valence-electron chi connectivity index (χ1n) is 6.56. The average molecular weight is 301 g/mol. The van der Waals surface area contributed by atoms with Crippen molar-refractivity contribution >= 4 is 17.6 Å². The van der Waals surface area contributed by atoms with Crippen LogP contribution in [0.15, 0.2) is 48.5 Å². The van der Waals surface area contributed by atoms with Crippen molar-refractivity contribution in [1.82, 2.24) is 0 Å². The van der Waals surface area contributed by atoms with Gasteiger partial charge in [0.1, 0.15) is 17.1 Å². The Balaban J connectivity index is 2.05. The highest BCUT2D eigenvalue weighted by molar-refractivity contribution is 5.97. The van der Waals surface area contributed by atoms with Crippen molar-refractivity contribution in [3.63, 3.8) is 0 Å². The highest BCUT2D eigenvalue weighted by atomic mass is 16.5. The molecule has 0 fully saturated rings. The quantitative estimate of drug-likeness (QED) is 0.737. The van der Waals surface area contributed by atoms with E-state index < -0.39 is 18.0 Å². The SMILES string of the molecule is C[C@@H](Oc1ccccc1)C(=O)Nc1ccc(O)c(C(=O)O)c1. The van der Waals surface area contributed by atoms with Gasteiger partial charge in [-0.15, -0.1) is 0 Å². The molecule has 1 amide bonds. The number of para-hydroxylation sites is 1. The van der Waals surface area contributed by atoms with Crippen molar-refractivity contribution in [3.8, 4) is 11.5 Å². The molecule has 3 N–H and O–H groups in total. The number of amides is 1. The molecule has 2 aromatic rings. The number of rotatable bonds is 5. The third-order valence-corrected chi connectivity index (χ3v) is 2.92. The lowest BCUT2D eigenvalue weighted by molar-refractivity contribution is -0.122. The van der Waals surface area contributed by atoms with E-state index in [4.69, 9.17) is 9.84 Å². The van der Waals surface area contributed by atoms with Crippen molar-refractivity contribution < 1.29 is 24.5 Å². The second-order valence-corrected chi connectivity index (χ2v) is 4.60. The zero-order valence-electron chi connectivity index (χ0n) is 11.8. The molecule has 0 bridgehead atoms. The molecule has 0 aliphatic heterocycles. The molecule has 6 heteroatoms. The van der Waals surface area contributed by atoms with Gasteiger partial charge in [0.15, 0.2) is 6.10 Å². The first-order chi connectivity index (χ1) is 10.5. The normalized spacial score (nSPS) is 11.5. The molecule has 0 saturated carbocycles. The highest BCUT2D eigenvalue weighted by Crippen LogP contribution is 2.21. The van der Waals surface area contributed by atoms with Gasteiger partial charge in [-0.3, -0.25) is 4.79 Å². The number of aromatic hydroxyl groups is 1. The lowest BCUT2D eigenvalue weighted by Crippen LogP contribution is -2.30. The summed E-state index contributed by atoms with van der Waals surface area (Å²) < 4.78 is 5.47. The predicted octanol–water partition coefficient (Wildman–Crippen LogP) is 2.50. The largest absolute Gasteiger partial charge is 0.507 e. The van der Waals surface area contributed by atoms with Crippen molar-refractivity contribution in [1.29, 1.82) is 0 Å². The topological polar surface area (TPSA) is 95.9 Å². The number of aromatic carboxylic acids is 1. The Morgan fingerprint density at radius 3 is 2.45 bits per heavy atom. The first kappa shape index (κ1) is 15.4. The summed E-state index contributed by atoms with van der Waals surface area (Å²) >= 11 is 0. The number of anilines is 1. The molecule has 0 unspecified atom stereocenters. The minimum absolute atomic E-state index is 0.267. The Morgan fingerprint density at radius 2 is 1.82 bits per heavy atom. The molecule has 2 aromatic carbocycles. The van der Waals surface area contributed by atoms with Crippen LogP contribution in [0.5, 0.6) is 11.5 Å². The van der Waals surface area contributed by atoms with Gasteiger partial charge in [-0.25, -0.2) is 4.79 Å². The van der Waals surface area contributed by atoms with Gasteiger partial charge in [0.2, 0.25) is 0 Å². The minimum Gasteiger partial charge on any atom is -0.507 e. The molecule has 1 atom stereocenters. The number of carbonyl (C=O) groups excluding carboxylic acids is 1. The second-order valence-electron chi connectivity index (χ2n) is 4.60. The van der Waals surface area contributed by atoms with Crippen LogP contribution in [-0.4, -0.2) is 28.2 Å². The van der Waals surface area contributed by atoms with Crippen LogP contribution in [0, 0.1) is 0 Å². The van der Waals surface area contributed by atoms with E-state index >= 15 is 0 Å². The van der Waals surface area contributed by atoms with Crippen molar-refractivity contribution in [2.75, 3.05) is 5.32 Å². The maximum Gasteiger partial charge on any atom is 0.339 e. The van der Waals surface area contributed by atoms with Gasteiger partial charge < -0.3 is 20.3 Å². The fraction of sp³-hybridized carbons (Fsp3) is 0.125. The van der Waals surface area contributed by atoms with Crippen LogP contribution in [0.2, 0.25) is 0 Å². The van der Waals surface area contributed by atoms with Gasteiger partial charge >= 0.3 is 5.97 Å². The van der Waals surface area contributed by atoms with Gasteiger partial charge in [0.05, 0.1) is 0 Å². The molecule has 2 rings (SSSR count). The van der Waals surface area contributed by atoms with Crippen LogP contribution in [-0.2, 0) is 4.79 Å². The fourth-order valence-corrected chi connectivity index (χ4v) is 1.79. The summed E-state index contributed by atoms with van der Waals surface area (Å²) in [5.74, 6) is -1.51. The zero-order chi connectivity index (χ0) is 16.1. The molecule has 0 saturated heterocycles. The van der Waals surface area contributed by atoms with E-state index in [1.165, 1.54) is 18.2 Å². The summed E-state index contributed by atoms with van der Waals surface area (Å²) in [6.45, 7) is 1.58. The number of nitrogens with one attached hydrogen (secondary N) is 1. The van der Waals surface area contributed by atoms with E-state index in [9.17, 15) is 14.7 Å². The Kier molecular flexibility index (Phi) is 4.63. The van der Waals surface area contributed by atoms with Gasteiger partial charge in [-0.05, 0) is 37.3 Å². The lowest BCUT2D eigenvalue weighted by Gasteiger charge is -2.15. The molecule has 6 nitrogen and oxygen atoms in total. The van der Waals surface area contributed by atoms with Gasteiger partial charge in [-0.2, -0.15) is 0 Å². The maximum absolute atomic E-state index is 12.0. The molecule has 22 heavy (non-hydrogen) atoms. The van der Waals surface area contributed by atoms with Gasteiger partial charge in [0, 0.05) is 5.69 Å². The first-order valence-corrected chi connectivity index (χ1v) is 6.56. The summed E-state index contributed by atoms with van der Waals surface area (Å²) in [5, 5.41) is 20.9. The highest BCUT2D eigenvalue weighted by Gasteiger charge is 2.16. The average Bonchev–Trinajstić information content (AvgIpc) is 2.49. The summed E-state index contributed by atoms with van der Waals surface area (Å²) in [7, 11) is 0. The van der Waals surface area contributed by atoms with Gasteiger partial charge in [0.25, 0.3) is 5.91 Å². The number of hydrogen-bond donors (Lipinski definition) is 3. The molecular formula is C16H15NO5. The Labute approximate surface area is 127 Å². The Morgan fingerprint density at radius 1 is 1.14 bits per heavy atom. The van der Waals surface area contributed by atoms with E-state index in [1.54, 1.807) is 31.2 Å². The number of hydrogen-bond acceptors (Lipinski definition) is 4. The Bertz CT molecular complexity index is 684. The number of benzene rings is 2. The smallest absolute Gasteiger partial charge is 0.339 e. The molecule has 0 aliphatic carbocycles. The fourth-order valence-electron chi connectivity index (χ4n) is 1.79. The number of carboxylic acid groups (broad SMARTS) is 1. The summed E-state index contributed by atoms with van der Waals surface area (Å²) in [6, 6.07) is 12.7. The molecule has 0 aromatic heterocycles. The molecule has 114 valence electrons. The standard InChI is InChI=1S/C16H15NO5/c1-10(22-12-5-3-2-4-6-12)15(19)17-11-7-8-14(18)13(9-11)16(20)21/h2-10,18H,1H3,(H,17,19)(H,20,21)/t10-/m1/s1. The van der Waals surface area contributed by atoms with Crippen LogP contribution in [0.25, 0.3) is 0 Å². The van der Waals surface area contributed by atoms with E-state index in [1.807, 2.05) is 6.07 Å². The van der Waals surface area contributed by atoms with Crippen LogP contribution in [0.4, 0.5) is 5.69 Å². The second kappa shape index (κ2) is 6.62. The third-order valence-electron chi connectivity index (χ3n) is 2.92. The van der Waals surface area contributed by atoms with Crippen molar-refractivity contribution in [3.05, 3.63) is 54.1 Å². The third kappa shape index (κ3) is 3.76. The van der Waals surface area contributed by atoms with Crippen LogP contribution in [0.1, 0.15) is 17.3 Å². The monoisotopic (exact) mass is 301 g/mol. The zero-order valence-corrected chi connectivity index (χ0v) is 11.8. The minimum atomic E-state index is -1.28. The van der Waals surface area contributed by atoms with Crippen LogP contribution < -0.4 is 10.1 Å². The summed E-state index contributed by atoms with van der Waals surface area (Å²) in [6.07, 6.45) is -0.760. The molecule has 0 radical (unpaired) electrons. The molecular weight excluding hydrogens is 286 g/mol. The lowest BCUT2D eigenvalue weighted by atomic mass is 10.1. The van der Waals surface area contributed by atoms with Crippen molar-refractivity contribution in [2.45, 2.75) is 13.0 Å². The number of carboxylic acids is 1. The van der Waals surface area contributed by atoms with Crippen molar-refractivity contribution in [2.24, 2.45) is 0 Å². The van der Waals surface area contributed by atoms with Crippen LogP contribution in [0.3, 0.4) is 0 Å². The van der Waals surface area contributed by atoms with E-state index in [-0.39, 0.29) is 17.0 Å². The molecule has 0 spiro atoms. The van der Waals surface area contributed by atoms with E-state index in [0.29, 0.717) is 5.75 Å².